The molecule has 0 N–H and O–H groups in total. The summed E-state index contributed by atoms with van der Waals surface area (Å²) in [5.41, 5.74) is 4.85. The summed E-state index contributed by atoms with van der Waals surface area (Å²) in [5.74, 6) is -0.418. The Hall–Kier alpha value is -3.26. The van der Waals surface area contributed by atoms with Gasteiger partial charge in [-0.05, 0) is 72.9 Å². The van der Waals surface area contributed by atoms with Gasteiger partial charge in [0.2, 0.25) is 9.84 Å². The van der Waals surface area contributed by atoms with Gasteiger partial charge in [-0.25, -0.2) is 8.42 Å². The van der Waals surface area contributed by atoms with Crippen molar-refractivity contribution < 1.29 is 26.3 Å². The van der Waals surface area contributed by atoms with Crippen LogP contribution in [0.2, 0.25) is 5.02 Å². The fourth-order valence-corrected chi connectivity index (χ4v) is 6.30. The highest BCUT2D eigenvalue weighted by atomic mass is 35.5. The van der Waals surface area contributed by atoms with Crippen LogP contribution in [0.25, 0.3) is 0 Å². The molecule has 3 aromatic rings. The van der Waals surface area contributed by atoms with Crippen LogP contribution in [0.15, 0.2) is 95.2 Å². The Morgan fingerprint density at radius 3 is 2.44 bits per heavy atom. The predicted octanol–water partition coefficient (Wildman–Crippen LogP) is 7.83. The fourth-order valence-electron chi connectivity index (χ4n) is 4.53. The molecule has 0 aliphatic heterocycles. The van der Waals surface area contributed by atoms with Gasteiger partial charge in [-0.3, -0.25) is 4.98 Å². The van der Waals surface area contributed by atoms with Gasteiger partial charge in [0.05, 0.1) is 14.8 Å². The lowest BCUT2D eigenvalue weighted by Crippen LogP contribution is -2.32. The van der Waals surface area contributed by atoms with Crippen LogP contribution >= 0.6 is 11.6 Å². The van der Waals surface area contributed by atoms with Crippen LogP contribution < -0.4 is 9.64 Å². The highest BCUT2D eigenvalue weighted by molar-refractivity contribution is 7.91. The minimum Gasteiger partial charge on any atom is -0.406 e. The second-order valence-corrected chi connectivity index (χ2v) is 11.2. The maximum absolute atomic E-state index is 13.3. The molecule has 208 valence electrons. The maximum Gasteiger partial charge on any atom is 0.573 e. The number of pyridine rings is 1. The van der Waals surface area contributed by atoms with E-state index in [0.29, 0.717) is 6.54 Å². The average Bonchev–Trinajstić information content (AvgIpc) is 2.90. The van der Waals surface area contributed by atoms with Gasteiger partial charge in [0.25, 0.3) is 0 Å². The zero-order valence-electron chi connectivity index (χ0n) is 21.7. The molecule has 2 unspecified atom stereocenters. The van der Waals surface area contributed by atoms with Crippen LogP contribution in [-0.4, -0.2) is 32.9 Å². The summed E-state index contributed by atoms with van der Waals surface area (Å²) < 4.78 is 68.4. The molecule has 0 bridgehead atoms. The van der Waals surface area contributed by atoms with Crippen molar-refractivity contribution in [2.24, 2.45) is 5.92 Å². The van der Waals surface area contributed by atoms with E-state index in [1.807, 2.05) is 18.3 Å². The zero-order chi connectivity index (χ0) is 28.6. The Labute approximate surface area is 232 Å². The van der Waals surface area contributed by atoms with Crippen molar-refractivity contribution >= 4 is 27.1 Å². The van der Waals surface area contributed by atoms with Crippen LogP contribution in [0.3, 0.4) is 0 Å². The van der Waals surface area contributed by atoms with Crippen molar-refractivity contribution in [1.29, 1.82) is 0 Å². The number of ether oxygens (including phenoxy) is 1. The van der Waals surface area contributed by atoms with Gasteiger partial charge in [-0.2, -0.15) is 0 Å². The number of hydrogen-bond acceptors (Lipinski definition) is 5. The smallest absolute Gasteiger partial charge is 0.406 e. The average molecular weight is 579 g/mol. The number of rotatable bonds is 12. The fraction of sp³-hybridized carbons (Fsp3) is 0.310. The molecule has 0 saturated carbocycles. The van der Waals surface area contributed by atoms with Gasteiger partial charge < -0.3 is 9.64 Å². The van der Waals surface area contributed by atoms with Crippen molar-refractivity contribution in [1.82, 2.24) is 4.98 Å². The molecule has 0 spiro atoms. The number of nitrogens with zero attached hydrogens (tertiary/aromatic N) is 2. The molecule has 1 heterocycles. The van der Waals surface area contributed by atoms with Crippen LogP contribution in [-0.2, 0) is 9.84 Å². The number of alkyl halides is 3. The molecule has 5 nitrogen and oxygen atoms in total. The molecule has 2 atom stereocenters. The minimum absolute atomic E-state index is 0.0711. The molecule has 0 aliphatic rings. The molecule has 2 aromatic carbocycles. The zero-order valence-corrected chi connectivity index (χ0v) is 23.2. The van der Waals surface area contributed by atoms with Crippen LogP contribution in [0.5, 0.6) is 5.75 Å². The Morgan fingerprint density at radius 2 is 1.87 bits per heavy atom. The molecule has 0 fully saturated rings. The van der Waals surface area contributed by atoms with Gasteiger partial charge in [0, 0.05) is 43.2 Å². The summed E-state index contributed by atoms with van der Waals surface area (Å²) in [7, 11) is -4.22. The van der Waals surface area contributed by atoms with E-state index in [1.54, 1.807) is 18.3 Å². The second-order valence-electron chi connectivity index (χ2n) is 8.92. The molecule has 1 aromatic heterocycles. The molecule has 0 amide bonds. The molecular weight excluding hydrogens is 549 g/mol. The molecule has 0 aliphatic carbocycles. The van der Waals surface area contributed by atoms with Crippen molar-refractivity contribution in [2.45, 2.75) is 48.8 Å². The van der Waals surface area contributed by atoms with Crippen molar-refractivity contribution in [3.63, 3.8) is 0 Å². The number of hydrogen-bond donors (Lipinski definition) is 0. The monoisotopic (exact) mass is 578 g/mol. The highest BCUT2D eigenvalue weighted by Crippen LogP contribution is 2.35. The lowest BCUT2D eigenvalue weighted by Gasteiger charge is -2.32. The summed E-state index contributed by atoms with van der Waals surface area (Å²) in [6, 6.07) is 13.0. The van der Waals surface area contributed by atoms with Crippen LogP contribution in [0.4, 0.5) is 18.9 Å². The minimum atomic E-state index is -4.97. The van der Waals surface area contributed by atoms with Gasteiger partial charge in [0.15, 0.2) is 0 Å². The van der Waals surface area contributed by atoms with Crippen molar-refractivity contribution in [3.8, 4) is 5.75 Å². The van der Waals surface area contributed by atoms with E-state index in [2.05, 4.69) is 46.8 Å². The summed E-state index contributed by atoms with van der Waals surface area (Å²) in [5, 5.41) is -0.207. The normalized spacial score (nSPS) is 13.3. The van der Waals surface area contributed by atoms with Crippen LogP contribution in [0.1, 0.15) is 38.2 Å². The maximum atomic E-state index is 13.3. The first-order valence-corrected chi connectivity index (χ1v) is 14.3. The first-order chi connectivity index (χ1) is 18.5. The summed E-state index contributed by atoms with van der Waals surface area (Å²) in [6.45, 7) is 9.31. The first kappa shape index (κ1) is 30.3. The van der Waals surface area contributed by atoms with Gasteiger partial charge in [-0.15, -0.1) is 18.9 Å². The number of halogens is 4. The molecular formula is C29H30ClF3N2O3S. The quantitative estimate of drug-likeness (QED) is 0.205. The van der Waals surface area contributed by atoms with E-state index in [4.69, 9.17) is 11.6 Å². The summed E-state index contributed by atoms with van der Waals surface area (Å²) in [4.78, 5) is 5.86. The Morgan fingerprint density at radius 1 is 1.15 bits per heavy atom. The van der Waals surface area contributed by atoms with Crippen LogP contribution in [0, 0.1) is 5.92 Å². The van der Waals surface area contributed by atoms with Crippen molar-refractivity contribution in [2.75, 3.05) is 18.0 Å². The van der Waals surface area contributed by atoms with E-state index >= 15 is 0 Å². The van der Waals surface area contributed by atoms with Gasteiger partial charge in [0.1, 0.15) is 5.75 Å². The van der Waals surface area contributed by atoms with Gasteiger partial charge >= 0.3 is 6.36 Å². The van der Waals surface area contributed by atoms with E-state index in [-0.39, 0.29) is 21.8 Å². The third-order valence-corrected chi connectivity index (χ3v) is 8.52. The van der Waals surface area contributed by atoms with Gasteiger partial charge in [-0.1, -0.05) is 38.1 Å². The number of benzene rings is 2. The van der Waals surface area contributed by atoms with E-state index in [1.165, 1.54) is 12.1 Å². The largest absolute Gasteiger partial charge is 0.573 e. The van der Waals surface area contributed by atoms with Crippen molar-refractivity contribution in [3.05, 3.63) is 96.0 Å². The second kappa shape index (κ2) is 13.2. The third kappa shape index (κ3) is 7.88. The predicted molar refractivity (Wildman–Crippen MR) is 147 cm³/mol. The van der Waals surface area contributed by atoms with E-state index in [0.717, 1.165) is 48.8 Å². The molecule has 0 radical (unpaired) electrons. The standard InChI is InChI=1S/C29H30ClF3N2O3S/c1-4-8-22(26(6-3)21-9-7-16-34-19-21)20-35(17-5-2)23-10-13-25(14-11-23)39(36,37)28-18-24(12-15-27(28)30)38-29(31,32)33/h7-16,18-19,22,26H,1,5-6,17,20H2,2-3H3. The summed E-state index contributed by atoms with van der Waals surface area (Å²) in [6.07, 6.45) is 2.33. The highest BCUT2D eigenvalue weighted by Gasteiger charge is 2.32. The number of sulfone groups is 1. The first-order valence-electron chi connectivity index (χ1n) is 12.4. The topological polar surface area (TPSA) is 59.5 Å². The Kier molecular flexibility index (Phi) is 10.2. The number of aromatic nitrogens is 1. The lowest BCUT2D eigenvalue weighted by molar-refractivity contribution is -0.274. The molecule has 10 heteroatoms. The number of anilines is 1. The molecule has 39 heavy (non-hydrogen) atoms. The summed E-state index contributed by atoms with van der Waals surface area (Å²) >= 11 is 6.06. The van der Waals surface area contributed by atoms with E-state index < -0.39 is 26.8 Å². The Bertz CT molecular complexity index is 1390. The Balaban J connectivity index is 1.91. The lowest BCUT2D eigenvalue weighted by atomic mass is 9.84. The SMILES string of the molecule is C=C=CC(CN(CCC)c1ccc(S(=O)(=O)c2cc(OC(F)(F)F)ccc2Cl)cc1)C(CC)c1cccnc1. The third-order valence-electron chi connectivity index (χ3n) is 6.26. The molecule has 0 saturated heterocycles. The van der Waals surface area contributed by atoms with E-state index in [9.17, 15) is 21.6 Å². The molecule has 3 rings (SSSR count).